The molecule has 1 fully saturated rings. The van der Waals surface area contributed by atoms with Gasteiger partial charge in [-0.05, 0) is 30.7 Å². The fourth-order valence-electron chi connectivity index (χ4n) is 3.93. The summed E-state index contributed by atoms with van der Waals surface area (Å²) in [5, 5.41) is 9.22. The third-order valence-electron chi connectivity index (χ3n) is 5.49. The van der Waals surface area contributed by atoms with E-state index in [4.69, 9.17) is 14.7 Å². The Morgan fingerprint density at radius 2 is 1.70 bits per heavy atom. The van der Waals surface area contributed by atoms with E-state index >= 15 is 0 Å². The van der Waals surface area contributed by atoms with Crippen LogP contribution in [0.1, 0.15) is 15.9 Å². The number of ether oxygens (including phenoxy) is 1. The molecule has 8 nitrogen and oxygen atoms in total. The molecule has 0 bridgehead atoms. The van der Waals surface area contributed by atoms with E-state index in [2.05, 4.69) is 14.8 Å². The number of aromatic carboxylic acids is 1. The summed E-state index contributed by atoms with van der Waals surface area (Å²) in [6.45, 7) is 3.59. The van der Waals surface area contributed by atoms with Gasteiger partial charge in [-0.2, -0.15) is 4.98 Å². The zero-order valence-electron chi connectivity index (χ0n) is 16.4. The van der Waals surface area contributed by atoms with Gasteiger partial charge in [-0.1, -0.05) is 12.1 Å². The Bertz CT molecular complexity index is 1070. The number of carbonyl (C=O) groups is 1. The Kier molecular flexibility index (Phi) is 4.76. The Balaban J connectivity index is 1.62. The van der Waals surface area contributed by atoms with Gasteiger partial charge < -0.3 is 19.6 Å². The van der Waals surface area contributed by atoms with Gasteiger partial charge in [-0.15, -0.1) is 0 Å². The number of nitrogens with zero attached hydrogens (tertiary/aromatic N) is 5. The van der Waals surface area contributed by atoms with Crippen LogP contribution in [0.4, 0.5) is 17.5 Å². The average Bonchev–Trinajstić information content (AvgIpc) is 3.24. The third kappa shape index (κ3) is 3.35. The molecule has 1 aromatic carbocycles. The standard InChI is InChI=1S/C22H21N5O3/c28-21(29)16-3-1-15(2-4-16)19-18-7-10-27(17-5-8-23-9-6-17)20(18)25-22(24-19)26-11-13-30-14-12-26/h1-6,8-9H,7,10-14H2,(H,28,29). The maximum absolute atomic E-state index is 11.2. The van der Waals surface area contributed by atoms with Crippen molar-refractivity contribution in [1.29, 1.82) is 0 Å². The number of carboxylic acid groups (broad SMARTS) is 1. The molecule has 0 unspecified atom stereocenters. The molecule has 3 aromatic rings. The molecule has 1 saturated heterocycles. The van der Waals surface area contributed by atoms with Crippen molar-refractivity contribution in [2.75, 3.05) is 42.6 Å². The van der Waals surface area contributed by atoms with E-state index in [1.165, 1.54) is 0 Å². The highest BCUT2D eigenvalue weighted by molar-refractivity contribution is 5.88. The first-order valence-corrected chi connectivity index (χ1v) is 9.95. The van der Waals surface area contributed by atoms with Crippen LogP contribution in [0, 0.1) is 0 Å². The molecule has 4 heterocycles. The first-order chi connectivity index (χ1) is 14.7. The first-order valence-electron chi connectivity index (χ1n) is 9.95. The lowest BCUT2D eigenvalue weighted by Crippen LogP contribution is -2.37. The predicted molar refractivity (Wildman–Crippen MR) is 112 cm³/mol. The third-order valence-corrected chi connectivity index (χ3v) is 5.49. The summed E-state index contributed by atoms with van der Waals surface area (Å²) in [6, 6.07) is 10.8. The van der Waals surface area contributed by atoms with E-state index in [-0.39, 0.29) is 5.56 Å². The van der Waals surface area contributed by atoms with Crippen molar-refractivity contribution in [3.63, 3.8) is 0 Å². The Morgan fingerprint density at radius 3 is 2.40 bits per heavy atom. The van der Waals surface area contributed by atoms with Gasteiger partial charge >= 0.3 is 5.97 Å². The Labute approximate surface area is 173 Å². The minimum Gasteiger partial charge on any atom is -0.478 e. The van der Waals surface area contributed by atoms with Crippen LogP contribution in [0.25, 0.3) is 11.3 Å². The van der Waals surface area contributed by atoms with Crippen LogP contribution in [0.3, 0.4) is 0 Å². The monoisotopic (exact) mass is 403 g/mol. The second-order valence-electron chi connectivity index (χ2n) is 7.26. The number of fused-ring (bicyclic) bond motifs is 1. The zero-order chi connectivity index (χ0) is 20.5. The van der Waals surface area contributed by atoms with Gasteiger partial charge in [0.25, 0.3) is 0 Å². The quantitative estimate of drug-likeness (QED) is 0.711. The molecule has 152 valence electrons. The highest BCUT2D eigenvalue weighted by atomic mass is 16.5. The normalized spacial score (nSPS) is 15.9. The lowest BCUT2D eigenvalue weighted by molar-refractivity contribution is 0.0697. The smallest absolute Gasteiger partial charge is 0.335 e. The molecule has 0 spiro atoms. The van der Waals surface area contributed by atoms with E-state index < -0.39 is 5.97 Å². The van der Waals surface area contributed by atoms with E-state index in [1.54, 1.807) is 24.5 Å². The van der Waals surface area contributed by atoms with Crippen molar-refractivity contribution < 1.29 is 14.6 Å². The molecule has 0 aliphatic carbocycles. The van der Waals surface area contributed by atoms with Crippen LogP contribution in [0.15, 0.2) is 48.8 Å². The number of hydrogen-bond acceptors (Lipinski definition) is 7. The molecular weight excluding hydrogens is 382 g/mol. The van der Waals surface area contributed by atoms with Gasteiger partial charge in [-0.3, -0.25) is 4.98 Å². The van der Waals surface area contributed by atoms with Crippen molar-refractivity contribution in [1.82, 2.24) is 15.0 Å². The Morgan fingerprint density at radius 1 is 0.967 bits per heavy atom. The van der Waals surface area contributed by atoms with Crippen LogP contribution in [0.2, 0.25) is 0 Å². The second-order valence-corrected chi connectivity index (χ2v) is 7.26. The SMILES string of the molecule is O=C(O)c1ccc(-c2nc(N3CCOCC3)nc3c2CCN3c2ccncc2)cc1. The lowest BCUT2D eigenvalue weighted by Gasteiger charge is -2.28. The van der Waals surface area contributed by atoms with Gasteiger partial charge in [0, 0.05) is 48.8 Å². The highest BCUT2D eigenvalue weighted by Gasteiger charge is 2.29. The number of aromatic nitrogens is 3. The molecule has 0 saturated carbocycles. The van der Waals surface area contributed by atoms with Crippen molar-refractivity contribution in [3.05, 3.63) is 59.9 Å². The largest absolute Gasteiger partial charge is 0.478 e. The van der Waals surface area contributed by atoms with Gasteiger partial charge in [0.05, 0.1) is 24.5 Å². The summed E-state index contributed by atoms with van der Waals surface area (Å²) in [6.07, 6.45) is 4.38. The molecule has 1 N–H and O–H groups in total. The summed E-state index contributed by atoms with van der Waals surface area (Å²) < 4.78 is 5.48. The van der Waals surface area contributed by atoms with Crippen LogP contribution in [0.5, 0.6) is 0 Å². The van der Waals surface area contributed by atoms with Crippen LogP contribution in [-0.2, 0) is 11.2 Å². The molecule has 2 aliphatic heterocycles. The maximum Gasteiger partial charge on any atom is 0.335 e. The topological polar surface area (TPSA) is 91.7 Å². The summed E-state index contributed by atoms with van der Waals surface area (Å²) in [5.74, 6) is 0.637. The number of anilines is 3. The summed E-state index contributed by atoms with van der Waals surface area (Å²) in [5.41, 5.74) is 4.13. The number of morpholine rings is 1. The fraction of sp³-hybridized carbons (Fsp3) is 0.273. The molecule has 30 heavy (non-hydrogen) atoms. The molecule has 0 atom stereocenters. The van der Waals surface area contributed by atoms with E-state index in [0.717, 1.165) is 54.4 Å². The predicted octanol–water partition coefficient (Wildman–Crippen LogP) is 2.77. The lowest BCUT2D eigenvalue weighted by atomic mass is 10.0. The highest BCUT2D eigenvalue weighted by Crippen LogP contribution is 2.39. The zero-order valence-corrected chi connectivity index (χ0v) is 16.4. The summed E-state index contributed by atoms with van der Waals surface area (Å²) >= 11 is 0. The summed E-state index contributed by atoms with van der Waals surface area (Å²) in [7, 11) is 0. The fourth-order valence-corrected chi connectivity index (χ4v) is 3.93. The van der Waals surface area contributed by atoms with Gasteiger partial charge in [0.2, 0.25) is 5.95 Å². The van der Waals surface area contributed by atoms with Gasteiger partial charge in [0.1, 0.15) is 5.82 Å². The molecule has 8 heteroatoms. The molecule has 2 aliphatic rings. The number of pyridine rings is 1. The minimum atomic E-state index is -0.938. The number of rotatable bonds is 4. The first kappa shape index (κ1) is 18.5. The Hall–Kier alpha value is -3.52. The maximum atomic E-state index is 11.2. The molecule has 0 amide bonds. The van der Waals surface area contributed by atoms with Crippen molar-refractivity contribution >= 4 is 23.4 Å². The van der Waals surface area contributed by atoms with Crippen molar-refractivity contribution in [2.24, 2.45) is 0 Å². The number of hydrogen-bond donors (Lipinski definition) is 1. The van der Waals surface area contributed by atoms with Crippen LogP contribution >= 0.6 is 0 Å². The number of carboxylic acids is 1. The van der Waals surface area contributed by atoms with Gasteiger partial charge in [0.15, 0.2) is 0 Å². The summed E-state index contributed by atoms with van der Waals surface area (Å²) in [4.78, 5) is 29.5. The van der Waals surface area contributed by atoms with Crippen molar-refractivity contribution in [3.8, 4) is 11.3 Å². The molecule has 2 aromatic heterocycles. The molecule has 5 rings (SSSR count). The average molecular weight is 403 g/mol. The number of benzene rings is 1. The van der Waals surface area contributed by atoms with Crippen LogP contribution in [-0.4, -0.2) is 58.9 Å². The van der Waals surface area contributed by atoms with E-state index in [9.17, 15) is 9.90 Å². The molecule has 0 radical (unpaired) electrons. The van der Waals surface area contributed by atoms with Gasteiger partial charge in [-0.25, -0.2) is 9.78 Å². The van der Waals surface area contributed by atoms with Crippen LogP contribution < -0.4 is 9.80 Å². The molecular formula is C22H21N5O3. The van der Waals surface area contributed by atoms with E-state index in [0.29, 0.717) is 19.2 Å². The van der Waals surface area contributed by atoms with E-state index in [1.807, 2.05) is 24.3 Å². The second kappa shape index (κ2) is 7.72. The minimum absolute atomic E-state index is 0.260. The van der Waals surface area contributed by atoms with Crippen molar-refractivity contribution in [2.45, 2.75) is 6.42 Å².